The predicted molar refractivity (Wildman–Crippen MR) is 119 cm³/mol. The van der Waals surface area contributed by atoms with E-state index in [1.54, 1.807) is 4.68 Å². The predicted octanol–water partition coefficient (Wildman–Crippen LogP) is 3.49. The second-order valence-corrected chi connectivity index (χ2v) is 9.67. The summed E-state index contributed by atoms with van der Waals surface area (Å²) in [5.74, 6) is -4.37. The van der Waals surface area contributed by atoms with E-state index in [2.05, 4.69) is 10.1 Å². The summed E-state index contributed by atoms with van der Waals surface area (Å²) in [4.78, 5) is 5.38. The highest BCUT2D eigenvalue weighted by molar-refractivity contribution is 7.89. The highest BCUT2D eigenvalue weighted by atomic mass is 32.2. The zero-order valence-electron chi connectivity index (χ0n) is 17.3. The summed E-state index contributed by atoms with van der Waals surface area (Å²) in [7, 11) is -4.30. The highest BCUT2D eigenvalue weighted by Gasteiger charge is 2.32. The number of benzene rings is 2. The molecule has 1 N–H and O–H groups in total. The van der Waals surface area contributed by atoms with Gasteiger partial charge in [-0.05, 0) is 36.0 Å². The average molecular weight is 496 g/mol. The summed E-state index contributed by atoms with van der Waals surface area (Å²) < 4.78 is 69.2. The first-order valence-electron chi connectivity index (χ1n) is 10.0. The van der Waals surface area contributed by atoms with E-state index in [1.807, 2.05) is 47.4 Å². The molecule has 1 fully saturated rings. The van der Waals surface area contributed by atoms with E-state index in [-0.39, 0.29) is 13.1 Å². The fraction of sp³-hybridized carbons (Fsp3) is 0.238. The van der Waals surface area contributed by atoms with Gasteiger partial charge in [-0.2, -0.15) is 9.29 Å². The fourth-order valence-electron chi connectivity index (χ4n) is 3.44. The van der Waals surface area contributed by atoms with Crippen LogP contribution in [-0.2, 0) is 16.7 Å². The average Bonchev–Trinajstić information content (AvgIpc) is 3.16. The molecule has 1 aliphatic heterocycles. The van der Waals surface area contributed by atoms with Crippen molar-refractivity contribution in [2.75, 3.05) is 26.2 Å². The SMILES string of the molecule is O=S(=O)(c1ccc(F)c(F)c1F)N1CCN(Cn2[nH]c(/C=C/c3ccccc3)nc2=S)CC1. The molecule has 174 valence electrons. The Morgan fingerprint density at radius 1 is 0.970 bits per heavy atom. The Balaban J connectivity index is 1.40. The van der Waals surface area contributed by atoms with Crippen LogP contribution in [0.2, 0.25) is 0 Å². The van der Waals surface area contributed by atoms with Gasteiger partial charge in [0.1, 0.15) is 10.7 Å². The van der Waals surface area contributed by atoms with Crippen molar-refractivity contribution in [3.05, 3.63) is 76.1 Å². The lowest BCUT2D eigenvalue weighted by atomic mass is 10.2. The van der Waals surface area contributed by atoms with Crippen LogP contribution in [0.5, 0.6) is 0 Å². The van der Waals surface area contributed by atoms with E-state index in [9.17, 15) is 21.6 Å². The molecule has 3 aromatic rings. The number of halogens is 3. The van der Waals surface area contributed by atoms with Gasteiger partial charge in [0, 0.05) is 26.2 Å². The largest absolute Gasteiger partial charge is 0.282 e. The Bertz CT molecular complexity index is 1330. The molecule has 1 aromatic heterocycles. The van der Waals surface area contributed by atoms with Crippen LogP contribution < -0.4 is 0 Å². The molecule has 12 heteroatoms. The lowest BCUT2D eigenvalue weighted by Crippen LogP contribution is -2.49. The Kier molecular flexibility index (Phi) is 6.79. The third-order valence-corrected chi connectivity index (χ3v) is 7.45. The van der Waals surface area contributed by atoms with Crippen molar-refractivity contribution >= 4 is 34.4 Å². The van der Waals surface area contributed by atoms with E-state index in [0.29, 0.717) is 36.4 Å². The molecule has 1 aliphatic rings. The third kappa shape index (κ3) is 5.08. The van der Waals surface area contributed by atoms with Crippen LogP contribution >= 0.6 is 12.2 Å². The summed E-state index contributed by atoms with van der Waals surface area (Å²) in [6.45, 7) is 1.14. The van der Waals surface area contributed by atoms with Crippen LogP contribution in [0.3, 0.4) is 0 Å². The lowest BCUT2D eigenvalue weighted by molar-refractivity contribution is 0.144. The lowest BCUT2D eigenvalue weighted by Gasteiger charge is -2.33. The molecule has 0 radical (unpaired) electrons. The monoisotopic (exact) mass is 495 g/mol. The van der Waals surface area contributed by atoms with Gasteiger partial charge in [-0.3, -0.25) is 10.00 Å². The molecular formula is C21H20F3N5O2S2. The van der Waals surface area contributed by atoms with Crippen molar-refractivity contribution in [3.8, 4) is 0 Å². The molecule has 7 nitrogen and oxygen atoms in total. The first-order valence-corrected chi connectivity index (χ1v) is 11.9. The minimum atomic E-state index is -4.30. The maximum absolute atomic E-state index is 14.0. The van der Waals surface area contributed by atoms with Crippen LogP contribution in [-0.4, -0.2) is 58.6 Å². The van der Waals surface area contributed by atoms with Gasteiger partial charge in [0.25, 0.3) is 0 Å². The van der Waals surface area contributed by atoms with Gasteiger partial charge in [-0.25, -0.2) is 26.3 Å². The zero-order chi connectivity index (χ0) is 23.6. The van der Waals surface area contributed by atoms with Crippen LogP contribution in [0.1, 0.15) is 11.4 Å². The molecular weight excluding hydrogens is 475 g/mol. The summed E-state index contributed by atoms with van der Waals surface area (Å²) in [5, 5.41) is 3.10. The number of hydrogen-bond acceptors (Lipinski definition) is 5. The van der Waals surface area contributed by atoms with Gasteiger partial charge in [0.15, 0.2) is 17.5 Å². The van der Waals surface area contributed by atoms with Gasteiger partial charge in [0.2, 0.25) is 14.8 Å². The number of piperazine rings is 1. The topological polar surface area (TPSA) is 74.2 Å². The van der Waals surface area contributed by atoms with Crippen molar-refractivity contribution in [1.82, 2.24) is 24.0 Å². The highest BCUT2D eigenvalue weighted by Crippen LogP contribution is 2.24. The second-order valence-electron chi connectivity index (χ2n) is 7.40. The number of rotatable bonds is 6. The smallest absolute Gasteiger partial charge is 0.246 e. The molecule has 0 amide bonds. The molecule has 2 aromatic carbocycles. The number of aromatic nitrogens is 3. The van der Waals surface area contributed by atoms with E-state index < -0.39 is 32.4 Å². The number of nitrogens with zero attached hydrogens (tertiary/aromatic N) is 4. The number of aromatic amines is 1. The van der Waals surface area contributed by atoms with Crippen molar-refractivity contribution in [2.45, 2.75) is 11.6 Å². The Hall–Kier alpha value is -2.80. The number of sulfonamides is 1. The van der Waals surface area contributed by atoms with Gasteiger partial charge in [-0.1, -0.05) is 36.4 Å². The maximum Gasteiger partial charge on any atom is 0.246 e. The Morgan fingerprint density at radius 3 is 2.36 bits per heavy atom. The minimum absolute atomic E-state index is 0.0585. The molecule has 0 bridgehead atoms. The molecule has 0 saturated carbocycles. The second kappa shape index (κ2) is 9.59. The van der Waals surface area contributed by atoms with E-state index in [0.717, 1.165) is 15.9 Å². The molecule has 0 spiro atoms. The number of H-pyrrole nitrogens is 1. The summed E-state index contributed by atoms with van der Waals surface area (Å²) in [6, 6.07) is 11.1. The molecule has 2 heterocycles. The van der Waals surface area contributed by atoms with Crippen molar-refractivity contribution in [3.63, 3.8) is 0 Å². The van der Waals surface area contributed by atoms with E-state index in [1.165, 1.54) is 0 Å². The molecule has 0 unspecified atom stereocenters. The van der Waals surface area contributed by atoms with Crippen LogP contribution in [0.15, 0.2) is 47.4 Å². The molecule has 4 rings (SSSR count). The van der Waals surface area contributed by atoms with Gasteiger partial charge in [0.05, 0.1) is 6.67 Å². The first kappa shape index (κ1) is 23.4. The summed E-state index contributed by atoms with van der Waals surface area (Å²) >= 11 is 5.30. The van der Waals surface area contributed by atoms with E-state index in [4.69, 9.17) is 12.2 Å². The zero-order valence-corrected chi connectivity index (χ0v) is 18.9. The van der Waals surface area contributed by atoms with Crippen molar-refractivity contribution in [2.24, 2.45) is 0 Å². The number of hydrogen-bond donors (Lipinski definition) is 1. The standard InChI is InChI=1S/C21H20F3N5O2S2/c22-16-7-8-17(20(24)19(16)23)33(30,31)28-12-10-27(11-13-28)14-29-21(32)25-18(26-29)9-6-15-4-2-1-3-5-15/h1-9H,10-14H2,(H,25,26,32)/b9-6+. The van der Waals surface area contributed by atoms with Gasteiger partial charge in [-0.15, -0.1) is 0 Å². The van der Waals surface area contributed by atoms with E-state index >= 15 is 0 Å². The fourth-order valence-corrected chi connectivity index (χ4v) is 5.12. The molecule has 33 heavy (non-hydrogen) atoms. The van der Waals surface area contributed by atoms with Crippen LogP contribution in [0.4, 0.5) is 13.2 Å². The van der Waals surface area contributed by atoms with Gasteiger partial charge >= 0.3 is 0 Å². The van der Waals surface area contributed by atoms with Crippen LogP contribution in [0.25, 0.3) is 12.2 Å². The number of nitrogens with one attached hydrogen (secondary N) is 1. The van der Waals surface area contributed by atoms with Crippen molar-refractivity contribution in [1.29, 1.82) is 0 Å². The van der Waals surface area contributed by atoms with Crippen molar-refractivity contribution < 1.29 is 21.6 Å². The molecule has 1 saturated heterocycles. The normalized spacial score (nSPS) is 16.0. The summed E-state index contributed by atoms with van der Waals surface area (Å²) in [5.41, 5.74) is 1.01. The quantitative estimate of drug-likeness (QED) is 0.419. The first-order chi connectivity index (χ1) is 15.8. The Labute approximate surface area is 193 Å². The Morgan fingerprint density at radius 2 is 1.67 bits per heavy atom. The molecule has 0 atom stereocenters. The maximum atomic E-state index is 14.0. The molecule has 0 aliphatic carbocycles. The minimum Gasteiger partial charge on any atom is -0.282 e. The van der Waals surface area contributed by atoms with Crippen LogP contribution in [0, 0.1) is 22.2 Å². The third-order valence-electron chi connectivity index (χ3n) is 5.22. The summed E-state index contributed by atoms with van der Waals surface area (Å²) in [6.07, 6.45) is 3.71. The van der Waals surface area contributed by atoms with Gasteiger partial charge < -0.3 is 0 Å².